The van der Waals surface area contributed by atoms with Crippen molar-refractivity contribution in [1.29, 1.82) is 0 Å². The molecule has 1 fully saturated rings. The molecule has 0 spiro atoms. The van der Waals surface area contributed by atoms with Gasteiger partial charge >= 0.3 is 0 Å². The minimum absolute atomic E-state index is 0.000942. The number of amides is 1. The molecule has 1 aliphatic rings. The van der Waals surface area contributed by atoms with Crippen LogP contribution in [0.25, 0.3) is 0 Å². The molecular formula is C20H23NO3. The molecule has 0 unspecified atom stereocenters. The first-order valence-corrected chi connectivity index (χ1v) is 8.42. The number of nitrogens with one attached hydrogen (secondary N) is 1. The first-order valence-electron chi connectivity index (χ1n) is 8.42. The standard InChI is InChI=1S/C20H23NO3/c22-18-9-6-15(7-10-18)8-11-19(23)21-20(17-12-13-24-14-17)16-4-2-1-3-5-16/h1-7,9-10,17,20,22H,8,11-14H2,(H,21,23)/t17-,20-/m1/s1. The summed E-state index contributed by atoms with van der Waals surface area (Å²) in [7, 11) is 0. The van der Waals surface area contributed by atoms with E-state index in [1.54, 1.807) is 12.1 Å². The van der Waals surface area contributed by atoms with Gasteiger partial charge in [-0.2, -0.15) is 0 Å². The minimum Gasteiger partial charge on any atom is -0.508 e. The second-order valence-corrected chi connectivity index (χ2v) is 6.25. The largest absolute Gasteiger partial charge is 0.508 e. The van der Waals surface area contributed by atoms with Crippen molar-refractivity contribution in [3.8, 4) is 5.75 Å². The predicted molar refractivity (Wildman–Crippen MR) is 92.7 cm³/mol. The highest BCUT2D eigenvalue weighted by molar-refractivity contribution is 5.76. The first kappa shape index (κ1) is 16.5. The molecule has 2 aromatic rings. The third-order valence-electron chi connectivity index (χ3n) is 4.49. The van der Waals surface area contributed by atoms with Crippen molar-refractivity contribution in [1.82, 2.24) is 5.32 Å². The average Bonchev–Trinajstić information content (AvgIpc) is 3.14. The van der Waals surface area contributed by atoms with Gasteiger partial charge < -0.3 is 15.2 Å². The van der Waals surface area contributed by atoms with Crippen LogP contribution in [0.3, 0.4) is 0 Å². The van der Waals surface area contributed by atoms with Gasteiger partial charge in [0.15, 0.2) is 0 Å². The molecule has 0 radical (unpaired) electrons. The Kier molecular flexibility index (Phi) is 5.49. The molecule has 0 aliphatic carbocycles. The lowest BCUT2D eigenvalue weighted by Gasteiger charge is -2.24. The normalized spacial score (nSPS) is 18.2. The van der Waals surface area contributed by atoms with Crippen molar-refractivity contribution in [2.45, 2.75) is 25.3 Å². The molecule has 2 atom stereocenters. The van der Waals surface area contributed by atoms with Crippen molar-refractivity contribution < 1.29 is 14.6 Å². The number of hydrogen-bond acceptors (Lipinski definition) is 3. The Balaban J connectivity index is 1.61. The molecule has 0 bridgehead atoms. The van der Waals surface area contributed by atoms with Crippen LogP contribution in [-0.2, 0) is 16.0 Å². The molecule has 1 heterocycles. The van der Waals surface area contributed by atoms with Gasteiger partial charge in [-0.05, 0) is 36.1 Å². The third-order valence-corrected chi connectivity index (χ3v) is 4.49. The van der Waals surface area contributed by atoms with E-state index in [9.17, 15) is 9.90 Å². The molecule has 0 saturated carbocycles. The van der Waals surface area contributed by atoms with Crippen molar-refractivity contribution >= 4 is 5.91 Å². The van der Waals surface area contributed by atoms with Gasteiger partial charge in [-0.3, -0.25) is 4.79 Å². The molecule has 4 nitrogen and oxygen atoms in total. The number of carbonyl (C=O) groups excluding carboxylic acids is 1. The SMILES string of the molecule is O=C(CCc1ccc(O)cc1)N[C@H](c1ccccc1)[C@@H]1CCOC1. The minimum atomic E-state index is 0.000942. The molecule has 24 heavy (non-hydrogen) atoms. The Hall–Kier alpha value is -2.33. The molecule has 126 valence electrons. The van der Waals surface area contributed by atoms with Crippen LogP contribution in [0, 0.1) is 5.92 Å². The summed E-state index contributed by atoms with van der Waals surface area (Å²) < 4.78 is 5.51. The second kappa shape index (κ2) is 7.97. The van der Waals surface area contributed by atoms with E-state index in [1.807, 2.05) is 30.3 Å². The van der Waals surface area contributed by atoms with Crippen LogP contribution in [0.15, 0.2) is 54.6 Å². The summed E-state index contributed by atoms with van der Waals surface area (Å²) in [6.07, 6.45) is 2.06. The number of phenols is 1. The fraction of sp³-hybridized carbons (Fsp3) is 0.350. The predicted octanol–water partition coefficient (Wildman–Crippen LogP) is 3.22. The Morgan fingerprint density at radius 3 is 2.58 bits per heavy atom. The lowest BCUT2D eigenvalue weighted by molar-refractivity contribution is -0.122. The van der Waals surface area contributed by atoms with Crippen LogP contribution in [0.2, 0.25) is 0 Å². The Morgan fingerprint density at radius 1 is 1.17 bits per heavy atom. The molecule has 0 aromatic heterocycles. The smallest absolute Gasteiger partial charge is 0.220 e. The zero-order valence-electron chi connectivity index (χ0n) is 13.7. The maximum atomic E-state index is 12.4. The first-order chi connectivity index (χ1) is 11.7. The van der Waals surface area contributed by atoms with Crippen LogP contribution in [0.1, 0.15) is 30.0 Å². The highest BCUT2D eigenvalue weighted by atomic mass is 16.5. The third kappa shape index (κ3) is 4.36. The maximum Gasteiger partial charge on any atom is 0.220 e. The van der Waals surface area contributed by atoms with E-state index < -0.39 is 0 Å². The molecule has 4 heteroatoms. The summed E-state index contributed by atoms with van der Waals surface area (Å²) in [6.45, 7) is 1.45. The molecule has 1 saturated heterocycles. The summed E-state index contributed by atoms with van der Waals surface area (Å²) in [5, 5.41) is 12.5. The quantitative estimate of drug-likeness (QED) is 0.857. The van der Waals surface area contributed by atoms with E-state index in [1.165, 1.54) is 0 Å². The Morgan fingerprint density at radius 2 is 1.92 bits per heavy atom. The lowest BCUT2D eigenvalue weighted by atomic mass is 9.92. The zero-order valence-corrected chi connectivity index (χ0v) is 13.7. The lowest BCUT2D eigenvalue weighted by Crippen LogP contribution is -2.34. The fourth-order valence-corrected chi connectivity index (χ4v) is 3.12. The van der Waals surface area contributed by atoms with Gasteiger partial charge in [0.2, 0.25) is 5.91 Å². The number of carbonyl (C=O) groups is 1. The van der Waals surface area contributed by atoms with Gasteiger partial charge in [-0.1, -0.05) is 42.5 Å². The van der Waals surface area contributed by atoms with Gasteiger partial charge in [0.1, 0.15) is 5.75 Å². The number of aryl methyl sites for hydroxylation is 1. The topological polar surface area (TPSA) is 58.6 Å². The monoisotopic (exact) mass is 325 g/mol. The van der Waals surface area contributed by atoms with Crippen LogP contribution in [0.5, 0.6) is 5.75 Å². The number of aromatic hydroxyl groups is 1. The number of benzene rings is 2. The van der Waals surface area contributed by atoms with Crippen LogP contribution < -0.4 is 5.32 Å². The highest BCUT2D eigenvalue weighted by Gasteiger charge is 2.28. The van der Waals surface area contributed by atoms with E-state index in [-0.39, 0.29) is 17.7 Å². The van der Waals surface area contributed by atoms with Gasteiger partial charge in [-0.15, -0.1) is 0 Å². The van der Waals surface area contributed by atoms with Crippen LogP contribution in [0.4, 0.5) is 0 Å². The molecule has 3 rings (SSSR count). The molecular weight excluding hydrogens is 302 g/mol. The summed E-state index contributed by atoms with van der Waals surface area (Å²) in [4.78, 5) is 12.4. The maximum absolute atomic E-state index is 12.4. The highest BCUT2D eigenvalue weighted by Crippen LogP contribution is 2.28. The van der Waals surface area contributed by atoms with Crippen molar-refractivity contribution in [3.05, 3.63) is 65.7 Å². The number of ether oxygens (including phenoxy) is 1. The molecule has 2 aromatic carbocycles. The summed E-state index contributed by atoms with van der Waals surface area (Å²) in [5.74, 6) is 0.613. The van der Waals surface area contributed by atoms with Crippen LogP contribution in [-0.4, -0.2) is 24.2 Å². The number of hydrogen-bond donors (Lipinski definition) is 2. The molecule has 1 amide bonds. The van der Waals surface area contributed by atoms with Crippen molar-refractivity contribution in [2.75, 3.05) is 13.2 Å². The molecule has 2 N–H and O–H groups in total. The van der Waals surface area contributed by atoms with Crippen LogP contribution >= 0.6 is 0 Å². The van der Waals surface area contributed by atoms with Gasteiger partial charge in [0, 0.05) is 18.9 Å². The fourth-order valence-electron chi connectivity index (χ4n) is 3.12. The Bertz CT molecular complexity index is 648. The van der Waals surface area contributed by atoms with Crippen molar-refractivity contribution in [2.24, 2.45) is 5.92 Å². The summed E-state index contributed by atoms with van der Waals surface area (Å²) in [6, 6.07) is 17.1. The van der Waals surface area contributed by atoms with E-state index in [2.05, 4.69) is 17.4 Å². The van der Waals surface area contributed by atoms with Gasteiger partial charge in [0.25, 0.3) is 0 Å². The zero-order chi connectivity index (χ0) is 16.8. The van der Waals surface area contributed by atoms with Gasteiger partial charge in [0.05, 0.1) is 12.6 Å². The van der Waals surface area contributed by atoms with E-state index in [0.29, 0.717) is 25.4 Å². The Labute approximate surface area is 142 Å². The van der Waals surface area contributed by atoms with Gasteiger partial charge in [-0.25, -0.2) is 0 Å². The van der Waals surface area contributed by atoms with E-state index in [4.69, 9.17) is 4.74 Å². The average molecular weight is 325 g/mol. The number of phenolic OH excluding ortho intramolecular Hbond substituents is 1. The summed E-state index contributed by atoms with van der Waals surface area (Å²) >= 11 is 0. The van der Waals surface area contributed by atoms with E-state index >= 15 is 0 Å². The van der Waals surface area contributed by atoms with Crippen molar-refractivity contribution in [3.63, 3.8) is 0 Å². The summed E-state index contributed by atoms with van der Waals surface area (Å²) in [5.41, 5.74) is 2.18. The second-order valence-electron chi connectivity index (χ2n) is 6.25. The van der Waals surface area contributed by atoms with E-state index in [0.717, 1.165) is 24.2 Å². The number of rotatable bonds is 6. The molecule has 1 aliphatic heterocycles.